The van der Waals surface area contributed by atoms with Crippen LogP contribution in [0.25, 0.3) is 0 Å². The highest BCUT2D eigenvalue weighted by Gasteiger charge is 2.29. The number of esters is 1. The van der Waals surface area contributed by atoms with Crippen LogP contribution >= 0.6 is 0 Å². The van der Waals surface area contributed by atoms with Crippen molar-refractivity contribution in [1.82, 2.24) is 19.8 Å². The number of benzene rings is 1. The van der Waals surface area contributed by atoms with Crippen molar-refractivity contribution in [2.75, 3.05) is 56.1 Å². The molecule has 2 aromatic rings. The summed E-state index contributed by atoms with van der Waals surface area (Å²) in [6.07, 6.45) is 4.68. The molecule has 33 heavy (non-hydrogen) atoms. The van der Waals surface area contributed by atoms with E-state index in [2.05, 4.69) is 15.3 Å². The van der Waals surface area contributed by atoms with Crippen molar-refractivity contribution in [3.05, 3.63) is 48.8 Å². The highest BCUT2D eigenvalue weighted by atomic mass is 16.5. The van der Waals surface area contributed by atoms with Crippen molar-refractivity contribution >= 4 is 29.5 Å². The molecule has 3 amide bonds. The number of hydrogen-bond donors (Lipinski definition) is 1. The number of ether oxygens (including phenoxy) is 1. The van der Waals surface area contributed by atoms with E-state index in [0.29, 0.717) is 58.1 Å². The van der Waals surface area contributed by atoms with Gasteiger partial charge in [0.15, 0.2) is 6.61 Å². The number of hydrogen-bond acceptors (Lipinski definition) is 7. The van der Waals surface area contributed by atoms with Gasteiger partial charge < -0.3 is 24.8 Å². The lowest BCUT2D eigenvalue weighted by Gasteiger charge is -2.34. The third-order valence-corrected chi connectivity index (χ3v) is 5.95. The molecule has 10 nitrogen and oxygen atoms in total. The summed E-state index contributed by atoms with van der Waals surface area (Å²) in [5, 5.41) is 2.85. The van der Waals surface area contributed by atoms with Gasteiger partial charge in [-0.25, -0.2) is 14.8 Å². The van der Waals surface area contributed by atoms with Crippen LogP contribution in [0.2, 0.25) is 0 Å². The topological polar surface area (TPSA) is 108 Å². The third kappa shape index (κ3) is 5.97. The van der Waals surface area contributed by atoms with E-state index in [4.69, 9.17) is 4.74 Å². The van der Waals surface area contributed by atoms with Gasteiger partial charge in [-0.15, -0.1) is 0 Å². The lowest BCUT2D eigenvalue weighted by Crippen LogP contribution is -2.52. The normalized spacial score (nSPS) is 16.9. The minimum absolute atomic E-state index is 0.188. The number of anilines is 2. The fraction of sp³-hybridized carbons (Fsp3) is 0.435. The Morgan fingerprint density at radius 2 is 1.52 bits per heavy atom. The lowest BCUT2D eigenvalue weighted by molar-refractivity contribution is -0.156. The van der Waals surface area contributed by atoms with Crippen LogP contribution in [-0.2, 0) is 14.3 Å². The van der Waals surface area contributed by atoms with Crippen molar-refractivity contribution in [3.8, 4) is 0 Å². The number of aromatic nitrogens is 2. The molecule has 0 bridgehead atoms. The Bertz CT molecular complexity index is 942. The summed E-state index contributed by atoms with van der Waals surface area (Å²) in [4.78, 5) is 51.1. The summed E-state index contributed by atoms with van der Waals surface area (Å²) in [6.45, 7) is 2.76. The first-order valence-electron chi connectivity index (χ1n) is 11.2. The van der Waals surface area contributed by atoms with E-state index in [1.165, 1.54) is 0 Å². The zero-order valence-electron chi connectivity index (χ0n) is 18.4. The van der Waals surface area contributed by atoms with Gasteiger partial charge in [0.1, 0.15) is 0 Å². The molecule has 0 unspecified atom stereocenters. The van der Waals surface area contributed by atoms with Gasteiger partial charge in [0, 0.05) is 57.3 Å². The number of rotatable bonds is 5. The van der Waals surface area contributed by atoms with Gasteiger partial charge in [-0.1, -0.05) is 18.2 Å². The molecule has 2 aliphatic rings. The van der Waals surface area contributed by atoms with Crippen molar-refractivity contribution in [3.63, 3.8) is 0 Å². The van der Waals surface area contributed by atoms with Crippen molar-refractivity contribution in [1.29, 1.82) is 0 Å². The summed E-state index contributed by atoms with van der Waals surface area (Å²) in [6, 6.07) is 10.8. The third-order valence-electron chi connectivity index (χ3n) is 5.95. The molecule has 2 fully saturated rings. The Morgan fingerprint density at radius 3 is 2.18 bits per heavy atom. The Hall–Kier alpha value is -3.69. The number of nitrogens with zero attached hydrogens (tertiary/aromatic N) is 5. The zero-order valence-corrected chi connectivity index (χ0v) is 18.4. The summed E-state index contributed by atoms with van der Waals surface area (Å²) in [5.41, 5.74) is 0.732. The highest BCUT2D eigenvalue weighted by Crippen LogP contribution is 2.21. The number of carbonyl (C=O) groups is 3. The standard InChI is InChI=1S/C23H28N6O4/c30-20(27-13-15-29(16-14-27)23(32)26-19-5-2-1-3-6-19)17-33-21(31)18-7-11-28(12-8-18)22-24-9-4-10-25-22/h1-6,9-10,18H,7-8,11-17H2,(H,26,32). The molecule has 2 saturated heterocycles. The molecular weight excluding hydrogens is 424 g/mol. The smallest absolute Gasteiger partial charge is 0.321 e. The van der Waals surface area contributed by atoms with E-state index in [1.807, 2.05) is 35.2 Å². The largest absolute Gasteiger partial charge is 0.455 e. The molecule has 1 aromatic heterocycles. The van der Waals surface area contributed by atoms with Crippen LogP contribution in [0.3, 0.4) is 0 Å². The zero-order chi connectivity index (χ0) is 23.0. The molecular formula is C23H28N6O4. The molecule has 4 rings (SSSR count). The van der Waals surface area contributed by atoms with Gasteiger partial charge in [-0.05, 0) is 31.0 Å². The van der Waals surface area contributed by atoms with Crippen LogP contribution in [0.15, 0.2) is 48.8 Å². The second-order valence-corrected chi connectivity index (χ2v) is 8.08. The van der Waals surface area contributed by atoms with Gasteiger partial charge in [0.25, 0.3) is 5.91 Å². The van der Waals surface area contributed by atoms with Gasteiger partial charge in [0.05, 0.1) is 5.92 Å². The summed E-state index contributed by atoms with van der Waals surface area (Å²) in [5.74, 6) is -0.133. The van der Waals surface area contributed by atoms with Crippen LogP contribution in [0.1, 0.15) is 12.8 Å². The molecule has 174 valence electrons. The predicted molar refractivity (Wildman–Crippen MR) is 122 cm³/mol. The van der Waals surface area contributed by atoms with Crippen LogP contribution in [0.5, 0.6) is 0 Å². The van der Waals surface area contributed by atoms with Gasteiger partial charge in [-0.3, -0.25) is 9.59 Å². The van der Waals surface area contributed by atoms with Gasteiger partial charge in [0.2, 0.25) is 5.95 Å². The number of para-hydroxylation sites is 1. The Kier molecular flexibility index (Phi) is 7.33. The molecule has 0 aliphatic carbocycles. The van der Waals surface area contributed by atoms with E-state index in [9.17, 15) is 14.4 Å². The Morgan fingerprint density at radius 1 is 0.879 bits per heavy atom. The van der Waals surface area contributed by atoms with Crippen molar-refractivity contribution in [2.45, 2.75) is 12.8 Å². The molecule has 0 spiro atoms. The van der Waals surface area contributed by atoms with Gasteiger partial charge in [-0.2, -0.15) is 0 Å². The van der Waals surface area contributed by atoms with Crippen LogP contribution in [-0.4, -0.2) is 83.6 Å². The fourth-order valence-electron chi connectivity index (χ4n) is 3.99. The second-order valence-electron chi connectivity index (χ2n) is 8.08. The monoisotopic (exact) mass is 452 g/mol. The minimum Gasteiger partial charge on any atom is -0.455 e. The SMILES string of the molecule is O=C(OCC(=O)N1CCN(C(=O)Nc2ccccc2)CC1)C1CCN(c2ncccn2)CC1. The second kappa shape index (κ2) is 10.8. The number of amides is 3. The first-order chi connectivity index (χ1) is 16.1. The molecule has 0 saturated carbocycles. The van der Waals surface area contributed by atoms with Crippen LogP contribution in [0, 0.1) is 5.92 Å². The Labute approximate surface area is 192 Å². The maximum absolute atomic E-state index is 12.5. The van der Waals surface area contributed by atoms with Gasteiger partial charge >= 0.3 is 12.0 Å². The summed E-state index contributed by atoms with van der Waals surface area (Å²) < 4.78 is 5.32. The average Bonchev–Trinajstić information content (AvgIpc) is 2.88. The first-order valence-corrected chi connectivity index (χ1v) is 11.2. The van der Waals surface area contributed by atoms with Crippen LogP contribution < -0.4 is 10.2 Å². The highest BCUT2D eigenvalue weighted by molar-refractivity contribution is 5.89. The quantitative estimate of drug-likeness (QED) is 0.687. The number of piperidine rings is 1. The molecule has 1 N–H and O–H groups in total. The maximum atomic E-state index is 12.5. The van der Waals surface area contributed by atoms with E-state index in [-0.39, 0.29) is 30.4 Å². The molecule has 2 aliphatic heterocycles. The first kappa shape index (κ1) is 22.5. The average molecular weight is 453 g/mol. The molecule has 1 aromatic carbocycles. The van der Waals surface area contributed by atoms with Crippen molar-refractivity contribution in [2.24, 2.45) is 5.92 Å². The number of carbonyl (C=O) groups excluding carboxylic acids is 3. The molecule has 0 radical (unpaired) electrons. The van der Waals surface area contributed by atoms with E-state index in [1.54, 1.807) is 28.3 Å². The minimum atomic E-state index is -0.335. The molecule has 0 atom stereocenters. The summed E-state index contributed by atoms with van der Waals surface area (Å²) in [7, 11) is 0. The van der Waals surface area contributed by atoms with Crippen LogP contribution in [0.4, 0.5) is 16.4 Å². The number of piperazine rings is 1. The van der Waals surface area contributed by atoms with E-state index < -0.39 is 0 Å². The molecule has 3 heterocycles. The lowest BCUT2D eigenvalue weighted by atomic mass is 9.97. The predicted octanol–water partition coefficient (Wildman–Crippen LogP) is 1.61. The van der Waals surface area contributed by atoms with E-state index in [0.717, 1.165) is 5.69 Å². The fourth-order valence-corrected chi connectivity index (χ4v) is 3.99. The molecule has 10 heteroatoms. The van der Waals surface area contributed by atoms with E-state index >= 15 is 0 Å². The summed E-state index contributed by atoms with van der Waals surface area (Å²) >= 11 is 0. The number of nitrogens with one attached hydrogen (secondary N) is 1. The van der Waals surface area contributed by atoms with Crippen molar-refractivity contribution < 1.29 is 19.1 Å². The Balaban J connectivity index is 1.15. The maximum Gasteiger partial charge on any atom is 0.321 e. The number of urea groups is 1.